The van der Waals surface area contributed by atoms with E-state index in [4.69, 9.17) is 10.5 Å². The van der Waals surface area contributed by atoms with Crippen molar-refractivity contribution in [3.05, 3.63) is 18.3 Å². The molecule has 1 fully saturated rings. The zero-order valence-corrected chi connectivity index (χ0v) is 10.6. The maximum atomic E-state index is 11.9. The Bertz CT molecular complexity index is 407. The van der Waals surface area contributed by atoms with Crippen LogP contribution in [0.25, 0.3) is 0 Å². The number of hydrogen-bond acceptors (Lipinski definition) is 4. The maximum Gasteiger partial charge on any atom is 0.225 e. The molecule has 0 bridgehead atoms. The molecule has 0 saturated heterocycles. The Morgan fingerprint density at radius 1 is 1.56 bits per heavy atom. The first-order valence-electron chi connectivity index (χ1n) is 6.17. The molecule has 5 heteroatoms. The number of pyridine rings is 1. The van der Waals surface area contributed by atoms with Crippen LogP contribution >= 0.6 is 0 Å². The number of hydrogen-bond donors (Lipinski definition) is 2. The normalized spacial score (nSPS) is 16.8. The van der Waals surface area contributed by atoms with Crippen molar-refractivity contribution in [3.63, 3.8) is 0 Å². The van der Waals surface area contributed by atoms with E-state index in [1.807, 2.05) is 0 Å². The summed E-state index contributed by atoms with van der Waals surface area (Å²) < 4.78 is 4.96. The number of nitrogens with two attached hydrogens (primary N) is 1. The minimum absolute atomic E-state index is 0.00659. The number of amides is 1. The van der Waals surface area contributed by atoms with Crippen LogP contribution in [0.1, 0.15) is 25.7 Å². The molecule has 1 aromatic rings. The third kappa shape index (κ3) is 2.79. The van der Waals surface area contributed by atoms with Gasteiger partial charge in [-0.2, -0.15) is 0 Å². The fourth-order valence-electron chi connectivity index (χ4n) is 2.25. The lowest BCUT2D eigenvalue weighted by atomic mass is 9.66. The van der Waals surface area contributed by atoms with Gasteiger partial charge in [-0.3, -0.25) is 4.79 Å². The number of carbonyl (C=O) groups excluding carboxylic acids is 1. The lowest BCUT2D eigenvalue weighted by Crippen LogP contribution is -2.40. The summed E-state index contributed by atoms with van der Waals surface area (Å²) in [5.41, 5.74) is 6.46. The molecule has 1 saturated carbocycles. The van der Waals surface area contributed by atoms with Crippen LogP contribution in [-0.2, 0) is 4.79 Å². The Hall–Kier alpha value is -1.62. The largest absolute Gasteiger partial charge is 0.481 e. The zero-order chi connectivity index (χ0) is 13.0. The summed E-state index contributed by atoms with van der Waals surface area (Å²) in [7, 11) is 1.56. The third-order valence-corrected chi connectivity index (χ3v) is 3.61. The van der Waals surface area contributed by atoms with Gasteiger partial charge >= 0.3 is 0 Å². The lowest BCUT2D eigenvalue weighted by molar-refractivity contribution is -0.119. The minimum Gasteiger partial charge on any atom is -0.481 e. The molecule has 1 amide bonds. The van der Waals surface area contributed by atoms with Gasteiger partial charge in [0.05, 0.1) is 19.0 Å². The highest BCUT2D eigenvalue weighted by atomic mass is 16.5. The fraction of sp³-hybridized carbons (Fsp3) is 0.538. The molecule has 0 spiro atoms. The van der Waals surface area contributed by atoms with Crippen LogP contribution in [0.4, 0.5) is 5.69 Å². The first kappa shape index (κ1) is 12.8. The van der Waals surface area contributed by atoms with Gasteiger partial charge in [-0.15, -0.1) is 0 Å². The highest BCUT2D eigenvalue weighted by molar-refractivity contribution is 5.91. The summed E-state index contributed by atoms with van der Waals surface area (Å²) in [5.74, 6) is 0.539. The molecule has 18 heavy (non-hydrogen) atoms. The molecular formula is C13H19N3O2. The van der Waals surface area contributed by atoms with Crippen molar-refractivity contribution in [2.45, 2.75) is 25.7 Å². The van der Waals surface area contributed by atoms with Gasteiger partial charge in [0.1, 0.15) is 0 Å². The van der Waals surface area contributed by atoms with Crippen molar-refractivity contribution in [3.8, 4) is 5.88 Å². The number of rotatable bonds is 5. The maximum absolute atomic E-state index is 11.9. The number of nitrogens with one attached hydrogen (secondary N) is 1. The predicted octanol–water partition coefficient (Wildman–Crippen LogP) is 1.55. The number of ether oxygens (including phenoxy) is 1. The Labute approximate surface area is 107 Å². The molecule has 2 rings (SSSR count). The summed E-state index contributed by atoms with van der Waals surface area (Å²) in [5, 5.41) is 2.84. The van der Waals surface area contributed by atoms with Gasteiger partial charge in [-0.25, -0.2) is 4.98 Å². The summed E-state index contributed by atoms with van der Waals surface area (Å²) in [4.78, 5) is 15.9. The van der Waals surface area contributed by atoms with Crippen LogP contribution in [0.3, 0.4) is 0 Å². The molecule has 1 aliphatic carbocycles. The van der Waals surface area contributed by atoms with Crippen molar-refractivity contribution in [1.29, 1.82) is 0 Å². The number of aromatic nitrogens is 1. The molecule has 0 aliphatic heterocycles. The van der Waals surface area contributed by atoms with E-state index in [1.165, 1.54) is 6.42 Å². The number of nitrogens with zero attached hydrogens (tertiary/aromatic N) is 1. The van der Waals surface area contributed by atoms with Crippen LogP contribution in [0.2, 0.25) is 0 Å². The second kappa shape index (κ2) is 5.35. The summed E-state index contributed by atoms with van der Waals surface area (Å²) in [6.45, 7) is 0.585. The molecule has 0 radical (unpaired) electrons. The van der Waals surface area contributed by atoms with Gasteiger partial charge in [0.25, 0.3) is 0 Å². The zero-order valence-electron chi connectivity index (χ0n) is 10.6. The Balaban J connectivity index is 1.90. The molecule has 5 nitrogen and oxygen atoms in total. The van der Waals surface area contributed by atoms with Gasteiger partial charge in [0.15, 0.2) is 0 Å². The number of carbonyl (C=O) groups is 1. The third-order valence-electron chi connectivity index (χ3n) is 3.61. The first-order chi connectivity index (χ1) is 8.67. The monoisotopic (exact) mass is 249 g/mol. The molecule has 0 aromatic carbocycles. The molecule has 98 valence electrons. The summed E-state index contributed by atoms with van der Waals surface area (Å²) in [6, 6.07) is 3.50. The van der Waals surface area contributed by atoms with Crippen molar-refractivity contribution in [2.75, 3.05) is 19.0 Å². The second-order valence-electron chi connectivity index (χ2n) is 4.87. The van der Waals surface area contributed by atoms with Gasteiger partial charge in [0.2, 0.25) is 11.8 Å². The van der Waals surface area contributed by atoms with Gasteiger partial charge in [0, 0.05) is 12.5 Å². The van der Waals surface area contributed by atoms with E-state index in [-0.39, 0.29) is 11.3 Å². The molecule has 1 aromatic heterocycles. The van der Waals surface area contributed by atoms with Gasteiger partial charge in [-0.1, -0.05) is 6.42 Å². The van der Waals surface area contributed by atoms with Crippen LogP contribution in [0.15, 0.2) is 18.3 Å². The highest BCUT2D eigenvalue weighted by Crippen LogP contribution is 2.43. The first-order valence-corrected chi connectivity index (χ1v) is 6.17. The Kier molecular flexibility index (Phi) is 3.81. The Morgan fingerprint density at radius 2 is 2.33 bits per heavy atom. The van der Waals surface area contributed by atoms with Gasteiger partial charge in [-0.05, 0) is 30.9 Å². The van der Waals surface area contributed by atoms with E-state index in [0.29, 0.717) is 24.5 Å². The van der Waals surface area contributed by atoms with Crippen molar-refractivity contribution < 1.29 is 9.53 Å². The van der Waals surface area contributed by atoms with E-state index >= 15 is 0 Å². The fourth-order valence-corrected chi connectivity index (χ4v) is 2.25. The van der Waals surface area contributed by atoms with Crippen LogP contribution in [-0.4, -0.2) is 24.5 Å². The highest BCUT2D eigenvalue weighted by Gasteiger charge is 2.37. The van der Waals surface area contributed by atoms with Crippen LogP contribution in [0.5, 0.6) is 5.88 Å². The van der Waals surface area contributed by atoms with Crippen molar-refractivity contribution in [1.82, 2.24) is 4.98 Å². The van der Waals surface area contributed by atoms with E-state index in [0.717, 1.165) is 12.8 Å². The molecule has 1 aliphatic rings. The van der Waals surface area contributed by atoms with Crippen molar-refractivity contribution in [2.24, 2.45) is 11.1 Å². The molecular weight excluding hydrogens is 230 g/mol. The Morgan fingerprint density at radius 3 is 2.78 bits per heavy atom. The lowest BCUT2D eigenvalue weighted by Gasteiger charge is -2.40. The van der Waals surface area contributed by atoms with Gasteiger partial charge < -0.3 is 15.8 Å². The second-order valence-corrected chi connectivity index (χ2v) is 4.87. The molecule has 0 unspecified atom stereocenters. The van der Waals surface area contributed by atoms with E-state index < -0.39 is 0 Å². The van der Waals surface area contributed by atoms with Crippen molar-refractivity contribution >= 4 is 11.6 Å². The molecule has 3 N–H and O–H groups in total. The molecule has 1 heterocycles. The summed E-state index contributed by atoms with van der Waals surface area (Å²) >= 11 is 0. The average Bonchev–Trinajstić information content (AvgIpc) is 2.35. The SMILES string of the molecule is COc1ccc(NC(=O)CC2(CN)CCC2)cn1. The quantitative estimate of drug-likeness (QED) is 0.830. The number of anilines is 1. The van der Waals surface area contributed by atoms with E-state index in [1.54, 1.807) is 25.4 Å². The predicted molar refractivity (Wildman–Crippen MR) is 69.4 cm³/mol. The smallest absolute Gasteiger partial charge is 0.225 e. The van der Waals surface area contributed by atoms with E-state index in [9.17, 15) is 4.79 Å². The van der Waals surface area contributed by atoms with Crippen LogP contribution < -0.4 is 15.8 Å². The van der Waals surface area contributed by atoms with Crippen LogP contribution in [0, 0.1) is 5.41 Å². The van der Waals surface area contributed by atoms with E-state index in [2.05, 4.69) is 10.3 Å². The average molecular weight is 249 g/mol. The number of methoxy groups -OCH3 is 1. The minimum atomic E-state index is 0.00659. The summed E-state index contributed by atoms with van der Waals surface area (Å²) in [6.07, 6.45) is 5.37. The topological polar surface area (TPSA) is 77.2 Å². The standard InChI is InChI=1S/C13H19N3O2/c1-18-12-4-3-10(8-15-12)16-11(17)7-13(9-14)5-2-6-13/h3-4,8H,2,5-7,9,14H2,1H3,(H,16,17). The molecule has 0 atom stereocenters.